The molecule has 1 atom stereocenters. The number of nitrogens with zero attached hydrogens (tertiary/aromatic N) is 1. The fourth-order valence-electron chi connectivity index (χ4n) is 2.98. The first-order valence-electron chi connectivity index (χ1n) is 7.65. The minimum atomic E-state index is -2.67. The molecular weight excluding hydrogens is 305 g/mol. The van der Waals surface area contributed by atoms with Crippen LogP contribution < -0.4 is 9.83 Å². The first kappa shape index (κ1) is 14.4. The molecule has 4 rings (SSSR count). The van der Waals surface area contributed by atoms with E-state index in [0.717, 1.165) is 34.2 Å². The monoisotopic (exact) mass is 322 g/mol. The summed E-state index contributed by atoms with van der Waals surface area (Å²) in [6.45, 7) is 0. The van der Waals surface area contributed by atoms with Gasteiger partial charge in [0.1, 0.15) is 6.16 Å². The van der Waals surface area contributed by atoms with Gasteiger partial charge in [0.2, 0.25) is 0 Å². The summed E-state index contributed by atoms with van der Waals surface area (Å²) in [4.78, 5) is 15.3. The van der Waals surface area contributed by atoms with Crippen LogP contribution in [0.3, 0.4) is 0 Å². The number of aryl methyl sites for hydroxylation is 1. The van der Waals surface area contributed by atoms with E-state index in [1.54, 1.807) is 12.4 Å². The van der Waals surface area contributed by atoms with Gasteiger partial charge in [-0.25, -0.2) is 4.89 Å². The Morgan fingerprint density at radius 2 is 1.57 bits per heavy atom. The summed E-state index contributed by atoms with van der Waals surface area (Å²) in [5, 5.41) is 0.938. The first-order valence-corrected chi connectivity index (χ1v) is 9.49. The summed E-state index contributed by atoms with van der Waals surface area (Å²) < 4.78 is 6.12. The minimum absolute atomic E-state index is 0.600. The number of aromatic nitrogens is 1. The van der Waals surface area contributed by atoms with Crippen molar-refractivity contribution >= 4 is 13.0 Å². The highest BCUT2D eigenvalue weighted by atomic mass is 31.2. The third-order valence-corrected chi connectivity index (χ3v) is 6.63. The molecule has 0 spiro atoms. The van der Waals surface area contributed by atoms with E-state index in [9.17, 15) is 4.89 Å². The zero-order chi connectivity index (χ0) is 15.7. The maximum atomic E-state index is 11.3. The summed E-state index contributed by atoms with van der Waals surface area (Å²) in [6, 6.07) is 19.9. The zero-order valence-corrected chi connectivity index (χ0v) is 13.5. The Morgan fingerprint density at radius 3 is 2.39 bits per heavy atom. The molecule has 23 heavy (non-hydrogen) atoms. The van der Waals surface area contributed by atoms with Gasteiger partial charge in [0, 0.05) is 29.9 Å². The van der Waals surface area contributed by atoms with E-state index in [1.807, 2.05) is 54.6 Å². The number of rotatable bonds is 3. The lowest BCUT2D eigenvalue weighted by Gasteiger charge is -2.27. The Hall–Kier alpha value is -2.22. The van der Waals surface area contributed by atoms with E-state index >= 15 is 0 Å². The second kappa shape index (κ2) is 5.77. The Morgan fingerprint density at radius 1 is 0.870 bits per heavy atom. The smallest absolute Gasteiger partial charge is 0.314 e. The van der Waals surface area contributed by atoms with Crippen molar-refractivity contribution in [2.24, 2.45) is 0 Å². The van der Waals surface area contributed by atoms with Crippen molar-refractivity contribution < 1.29 is 9.42 Å². The number of hydrogen-bond donors (Lipinski definition) is 1. The quantitative estimate of drug-likeness (QED) is 0.745. The van der Waals surface area contributed by atoms with Crippen LogP contribution in [0.2, 0.25) is 0 Å². The van der Waals surface area contributed by atoms with E-state index in [0.29, 0.717) is 6.16 Å². The molecule has 0 fully saturated rings. The molecule has 1 N–H and O–H groups in total. The fraction of sp³-hybridized carbons (Fsp3) is 0.105. The predicted octanol–water partition coefficient (Wildman–Crippen LogP) is 3.85. The largest absolute Gasteiger partial charge is 0.350 e. The van der Waals surface area contributed by atoms with E-state index in [4.69, 9.17) is 4.52 Å². The van der Waals surface area contributed by atoms with E-state index in [1.165, 1.54) is 0 Å². The lowest BCUT2D eigenvalue weighted by Crippen LogP contribution is -2.25. The molecule has 2 aromatic carbocycles. The highest BCUT2D eigenvalue weighted by molar-refractivity contribution is 7.74. The van der Waals surface area contributed by atoms with Gasteiger partial charge in [0.15, 0.2) is 11.1 Å². The van der Waals surface area contributed by atoms with Crippen LogP contribution in [0.25, 0.3) is 11.1 Å². The predicted molar refractivity (Wildman–Crippen MR) is 94.1 cm³/mol. The molecule has 0 amide bonds. The molecule has 4 heteroatoms. The van der Waals surface area contributed by atoms with Crippen molar-refractivity contribution in [1.29, 1.82) is 0 Å². The molecule has 1 aromatic heterocycles. The fourth-order valence-corrected chi connectivity index (χ4v) is 5.35. The zero-order valence-electron chi connectivity index (χ0n) is 12.6. The van der Waals surface area contributed by atoms with Crippen molar-refractivity contribution in [2.75, 3.05) is 6.16 Å². The van der Waals surface area contributed by atoms with Gasteiger partial charge in [-0.2, -0.15) is 0 Å². The summed E-state index contributed by atoms with van der Waals surface area (Å²) >= 11 is 0. The molecule has 3 nitrogen and oxygen atoms in total. The van der Waals surface area contributed by atoms with Gasteiger partial charge in [-0.05, 0) is 29.8 Å². The van der Waals surface area contributed by atoms with Gasteiger partial charge in [-0.3, -0.25) is 4.98 Å². The van der Waals surface area contributed by atoms with Crippen LogP contribution in [0.1, 0.15) is 5.56 Å². The number of para-hydroxylation sites is 1. The Bertz CT molecular complexity index is 838. The maximum absolute atomic E-state index is 11.3. The van der Waals surface area contributed by atoms with E-state index in [2.05, 4.69) is 11.1 Å². The molecule has 1 aliphatic rings. The summed E-state index contributed by atoms with van der Waals surface area (Å²) in [5.74, 6) is 0.775. The van der Waals surface area contributed by atoms with Gasteiger partial charge >= 0.3 is 7.72 Å². The van der Waals surface area contributed by atoms with Crippen LogP contribution in [0.4, 0.5) is 0 Å². The van der Waals surface area contributed by atoms with Crippen LogP contribution in [0, 0.1) is 0 Å². The Labute approximate surface area is 136 Å². The second-order valence-corrected chi connectivity index (χ2v) is 8.15. The van der Waals surface area contributed by atoms with Gasteiger partial charge in [-0.15, -0.1) is 0 Å². The molecule has 0 aliphatic carbocycles. The third-order valence-electron chi connectivity index (χ3n) is 4.16. The second-order valence-electron chi connectivity index (χ2n) is 5.64. The first-order chi connectivity index (χ1) is 11.3. The van der Waals surface area contributed by atoms with Crippen LogP contribution in [0.15, 0.2) is 73.1 Å². The van der Waals surface area contributed by atoms with Crippen LogP contribution in [0.5, 0.6) is 5.75 Å². The summed E-state index contributed by atoms with van der Waals surface area (Å²) in [5.41, 5.74) is 3.30. The molecule has 1 unspecified atom stereocenters. The Balaban J connectivity index is 1.72. The minimum Gasteiger partial charge on any atom is -0.314 e. The number of hydrogen-bond acceptors (Lipinski definition) is 3. The van der Waals surface area contributed by atoms with Crippen molar-refractivity contribution in [1.82, 2.24) is 4.98 Å². The van der Waals surface area contributed by atoms with E-state index < -0.39 is 7.72 Å². The summed E-state index contributed by atoms with van der Waals surface area (Å²) in [7, 11) is -2.67. The molecule has 0 saturated carbocycles. The molecule has 0 bridgehead atoms. The van der Waals surface area contributed by atoms with Crippen LogP contribution in [-0.4, -0.2) is 16.0 Å². The molecular formula is C19H17NO2P+. The van der Waals surface area contributed by atoms with Crippen molar-refractivity contribution in [3.8, 4) is 16.9 Å². The van der Waals surface area contributed by atoms with Gasteiger partial charge in [0.25, 0.3) is 0 Å². The van der Waals surface area contributed by atoms with Crippen molar-refractivity contribution in [3.63, 3.8) is 0 Å². The standard InChI is InChI=1S/C19H17NO2P/c21-23(14-11-15-9-12-20-13-10-15)19-8-4-2-6-17(19)16-5-1-3-7-18(16)22-23/h1-10,12-13,21H,11,14H2/q+1. The molecule has 2 heterocycles. The van der Waals surface area contributed by atoms with Crippen molar-refractivity contribution in [3.05, 3.63) is 78.6 Å². The van der Waals surface area contributed by atoms with Gasteiger partial charge < -0.3 is 4.52 Å². The maximum Gasteiger partial charge on any atom is 0.350 e. The highest BCUT2D eigenvalue weighted by Gasteiger charge is 2.48. The van der Waals surface area contributed by atoms with Crippen LogP contribution >= 0.6 is 7.72 Å². The highest BCUT2D eigenvalue weighted by Crippen LogP contribution is 2.60. The number of fused-ring (bicyclic) bond motifs is 3. The number of benzene rings is 2. The summed E-state index contributed by atoms with van der Waals surface area (Å²) in [6.07, 6.45) is 4.93. The third kappa shape index (κ3) is 2.63. The average Bonchev–Trinajstić information content (AvgIpc) is 2.61. The Kier molecular flexibility index (Phi) is 3.60. The normalized spacial score (nSPS) is 18.7. The van der Waals surface area contributed by atoms with Crippen LogP contribution in [-0.2, 0) is 6.42 Å². The van der Waals surface area contributed by atoms with Crippen molar-refractivity contribution in [2.45, 2.75) is 6.42 Å². The van der Waals surface area contributed by atoms with Gasteiger partial charge in [-0.1, -0.05) is 36.4 Å². The lowest BCUT2D eigenvalue weighted by molar-refractivity contribution is 0.467. The molecule has 3 aromatic rings. The average molecular weight is 322 g/mol. The topological polar surface area (TPSA) is 42.4 Å². The molecule has 114 valence electrons. The SMILES string of the molecule is O[P+]1(CCc2ccncc2)Oc2ccccc2-c2ccccc21. The lowest BCUT2D eigenvalue weighted by atomic mass is 10.0. The van der Waals surface area contributed by atoms with E-state index in [-0.39, 0.29) is 0 Å². The molecule has 1 aliphatic heterocycles. The van der Waals surface area contributed by atoms with Gasteiger partial charge in [0.05, 0.1) is 0 Å². The molecule has 0 radical (unpaired) electrons. The molecule has 0 saturated heterocycles. The number of pyridine rings is 1.